The van der Waals surface area contributed by atoms with Gasteiger partial charge in [0.25, 0.3) is 0 Å². The van der Waals surface area contributed by atoms with Gasteiger partial charge in [-0.1, -0.05) is 12.2 Å². The molecule has 0 radical (unpaired) electrons. The Hall–Kier alpha value is -3.24. The van der Waals surface area contributed by atoms with E-state index >= 15 is 0 Å². The highest BCUT2D eigenvalue weighted by molar-refractivity contribution is 5.98. The number of nitrogens with one attached hydrogen (secondary N) is 2. The van der Waals surface area contributed by atoms with Crippen molar-refractivity contribution in [3.05, 3.63) is 24.4 Å². The zero-order valence-electron chi connectivity index (χ0n) is 15.5. The minimum absolute atomic E-state index is 0.137. The van der Waals surface area contributed by atoms with Gasteiger partial charge in [0.15, 0.2) is 0 Å². The number of hydrogen-bond donors (Lipinski definition) is 3. The minimum atomic E-state index is -0.984. The molecule has 4 N–H and O–H groups in total. The van der Waals surface area contributed by atoms with Crippen molar-refractivity contribution in [2.45, 2.75) is 39.5 Å². The van der Waals surface area contributed by atoms with Gasteiger partial charge in [-0.15, -0.1) is 10.2 Å². The van der Waals surface area contributed by atoms with Crippen LogP contribution in [0.2, 0.25) is 0 Å². The molecule has 0 atom stereocenters. The van der Waals surface area contributed by atoms with E-state index in [0.29, 0.717) is 5.82 Å². The maximum absolute atomic E-state index is 10.8. The summed E-state index contributed by atoms with van der Waals surface area (Å²) < 4.78 is 8.78. The second-order valence-electron chi connectivity index (χ2n) is 4.82. The van der Waals surface area contributed by atoms with E-state index in [1.165, 1.54) is 31.9 Å². The number of allylic oxidation sites excluding steroid dienone is 2. The average molecular weight is 382 g/mol. The molecule has 0 bridgehead atoms. The molecule has 1 aromatic heterocycles. The van der Waals surface area contributed by atoms with Gasteiger partial charge in [0.2, 0.25) is 0 Å². The number of carbonyl (C=O) groups excluding carboxylic acids is 3. The fourth-order valence-corrected chi connectivity index (χ4v) is 1.56. The Bertz CT molecular complexity index is 552. The van der Waals surface area contributed by atoms with Crippen molar-refractivity contribution in [2.75, 3.05) is 18.9 Å². The van der Waals surface area contributed by atoms with Crippen LogP contribution in [-0.2, 0) is 9.47 Å². The Morgan fingerprint density at radius 2 is 1.56 bits per heavy atom. The summed E-state index contributed by atoms with van der Waals surface area (Å²) in [5.74, 6) is 0.398. The lowest BCUT2D eigenvalue weighted by molar-refractivity contribution is 0.146. The summed E-state index contributed by atoms with van der Waals surface area (Å²) in [7, 11) is 0. The number of alkyl carbamates (subject to hydrolysis) is 2. The average Bonchev–Trinajstić information content (AvgIpc) is 2.65. The van der Waals surface area contributed by atoms with Crippen LogP contribution in [0.3, 0.4) is 0 Å². The Labute approximate surface area is 157 Å². The molecular weight excluding hydrogens is 356 g/mol. The van der Waals surface area contributed by atoms with E-state index in [1.807, 2.05) is 0 Å². The van der Waals surface area contributed by atoms with Gasteiger partial charge < -0.3 is 15.2 Å². The fourth-order valence-electron chi connectivity index (χ4n) is 1.56. The summed E-state index contributed by atoms with van der Waals surface area (Å²) in [6.07, 6.45) is 9.64. The van der Waals surface area contributed by atoms with Gasteiger partial charge in [0.05, 0.1) is 19.4 Å². The lowest BCUT2D eigenvalue weighted by atomic mass is 10.1. The number of ether oxygens (including phenoxy) is 2. The van der Waals surface area contributed by atoms with Crippen LogP contribution in [0, 0.1) is 0 Å². The summed E-state index contributed by atoms with van der Waals surface area (Å²) in [5, 5.41) is 13.6. The monoisotopic (exact) mass is 382 g/mol. The molecule has 1 aliphatic rings. The standard InChI is InChI=1S/C7H12N2O5.C6H10.C3H4N4/c1-3-13-6(11)8-5(10)9-7(12)14-4-2;1-2-4-6-5-3-1;4-3-1-2-5-7-6-3/h3-4H2,1-2H3,(H2,8,9,10,11,12);1-2H,3-6H2;1-2H,(H2,4,5,6). The molecule has 1 aliphatic carbocycles. The molecule has 11 nitrogen and oxygen atoms in total. The van der Waals surface area contributed by atoms with Gasteiger partial charge in [-0.05, 0) is 44.7 Å². The Kier molecular flexibility index (Phi) is 14.3. The highest BCUT2D eigenvalue weighted by Gasteiger charge is 2.11. The Morgan fingerprint density at radius 1 is 1.04 bits per heavy atom. The summed E-state index contributed by atoms with van der Waals surface area (Å²) in [4.78, 5) is 32.1. The molecular formula is C16H26N6O5. The van der Waals surface area contributed by atoms with Gasteiger partial charge in [-0.3, -0.25) is 0 Å². The molecule has 0 unspecified atom stereocenters. The van der Waals surface area contributed by atoms with Crippen molar-refractivity contribution >= 4 is 24.0 Å². The highest BCUT2D eigenvalue weighted by Crippen LogP contribution is 2.07. The van der Waals surface area contributed by atoms with E-state index in [4.69, 9.17) is 5.73 Å². The maximum Gasteiger partial charge on any atom is 0.415 e. The molecule has 0 aliphatic heterocycles. The Morgan fingerprint density at radius 3 is 1.81 bits per heavy atom. The zero-order chi connectivity index (χ0) is 20.3. The third kappa shape index (κ3) is 16.0. The predicted octanol–water partition coefficient (Wildman–Crippen LogP) is 2.17. The van der Waals surface area contributed by atoms with Crippen molar-refractivity contribution < 1.29 is 23.9 Å². The van der Waals surface area contributed by atoms with Crippen LogP contribution in [0.5, 0.6) is 0 Å². The van der Waals surface area contributed by atoms with E-state index in [-0.39, 0.29) is 13.2 Å². The zero-order valence-corrected chi connectivity index (χ0v) is 15.5. The second kappa shape index (κ2) is 16.2. The van der Waals surface area contributed by atoms with Crippen LogP contribution in [0.25, 0.3) is 0 Å². The van der Waals surface area contributed by atoms with Crippen LogP contribution in [0.1, 0.15) is 39.5 Å². The van der Waals surface area contributed by atoms with Crippen LogP contribution < -0.4 is 16.4 Å². The smallest absolute Gasteiger partial charge is 0.415 e. The van der Waals surface area contributed by atoms with Gasteiger partial charge in [-0.2, -0.15) is 0 Å². The molecule has 150 valence electrons. The number of nitrogens with two attached hydrogens (primary N) is 1. The maximum atomic E-state index is 10.8. The van der Waals surface area contributed by atoms with Crippen molar-refractivity contribution in [2.24, 2.45) is 0 Å². The quantitative estimate of drug-likeness (QED) is 0.651. The third-order valence-corrected chi connectivity index (χ3v) is 2.66. The largest absolute Gasteiger partial charge is 0.450 e. The number of anilines is 1. The number of carbonyl (C=O) groups is 3. The first-order valence-electron chi connectivity index (χ1n) is 8.45. The number of aromatic nitrogens is 3. The lowest BCUT2D eigenvalue weighted by Crippen LogP contribution is -2.42. The summed E-state index contributed by atoms with van der Waals surface area (Å²) in [6, 6.07) is 0.592. The van der Waals surface area contributed by atoms with Crippen LogP contribution in [-0.4, -0.2) is 46.8 Å². The second-order valence-corrected chi connectivity index (χ2v) is 4.82. The van der Waals surface area contributed by atoms with Crippen molar-refractivity contribution in [1.82, 2.24) is 26.0 Å². The third-order valence-electron chi connectivity index (χ3n) is 2.66. The van der Waals surface area contributed by atoms with Gasteiger partial charge >= 0.3 is 18.2 Å². The molecule has 0 spiro atoms. The molecule has 0 fully saturated rings. The van der Waals surface area contributed by atoms with Crippen LogP contribution >= 0.6 is 0 Å². The summed E-state index contributed by atoms with van der Waals surface area (Å²) >= 11 is 0. The van der Waals surface area contributed by atoms with Crippen molar-refractivity contribution in [3.63, 3.8) is 0 Å². The molecule has 27 heavy (non-hydrogen) atoms. The predicted molar refractivity (Wildman–Crippen MR) is 97.6 cm³/mol. The first-order valence-corrected chi connectivity index (χ1v) is 8.45. The number of nitrogens with zero attached hydrogens (tertiary/aromatic N) is 3. The molecule has 0 saturated heterocycles. The number of amides is 4. The summed E-state index contributed by atoms with van der Waals surface area (Å²) in [6.45, 7) is 3.45. The van der Waals surface area contributed by atoms with Gasteiger partial charge in [-0.25, -0.2) is 25.0 Å². The van der Waals surface area contributed by atoms with E-state index in [1.54, 1.807) is 30.5 Å². The number of urea groups is 1. The van der Waals surface area contributed by atoms with E-state index in [0.717, 1.165) is 0 Å². The number of nitrogen functional groups attached to an aromatic ring is 1. The molecule has 11 heteroatoms. The van der Waals surface area contributed by atoms with Crippen LogP contribution in [0.15, 0.2) is 24.4 Å². The van der Waals surface area contributed by atoms with Crippen molar-refractivity contribution in [3.8, 4) is 0 Å². The molecule has 1 aromatic rings. The van der Waals surface area contributed by atoms with E-state index in [2.05, 4.69) is 37.0 Å². The number of hydrogen-bond acceptors (Lipinski definition) is 9. The number of imide groups is 2. The summed E-state index contributed by atoms with van der Waals surface area (Å²) in [5.41, 5.74) is 5.14. The fraction of sp³-hybridized carbons (Fsp3) is 0.500. The Balaban J connectivity index is 0.000000425. The van der Waals surface area contributed by atoms with E-state index < -0.39 is 18.2 Å². The van der Waals surface area contributed by atoms with E-state index in [9.17, 15) is 14.4 Å². The van der Waals surface area contributed by atoms with Gasteiger partial charge in [0, 0.05) is 6.07 Å². The molecule has 4 amide bonds. The normalized spacial score (nSPS) is 11.5. The van der Waals surface area contributed by atoms with Crippen LogP contribution in [0.4, 0.5) is 20.2 Å². The minimum Gasteiger partial charge on any atom is -0.450 e. The lowest BCUT2D eigenvalue weighted by Gasteiger charge is -2.04. The first-order chi connectivity index (χ1) is 13.0. The topological polar surface area (TPSA) is 158 Å². The van der Waals surface area contributed by atoms with Crippen molar-refractivity contribution in [1.29, 1.82) is 0 Å². The molecule has 0 saturated carbocycles. The highest BCUT2D eigenvalue weighted by atomic mass is 16.6. The van der Waals surface area contributed by atoms with Gasteiger partial charge in [0.1, 0.15) is 5.82 Å². The molecule has 2 rings (SSSR count). The number of rotatable bonds is 2. The molecule has 1 heterocycles. The SMILES string of the molecule is C1=CCCCC1.CCOC(=O)NC(=O)NC(=O)OCC.Nc1ccnnn1. The first kappa shape index (κ1) is 23.8. The molecule has 0 aromatic carbocycles.